The summed E-state index contributed by atoms with van der Waals surface area (Å²) in [6.07, 6.45) is 1.53. The second-order valence-electron chi connectivity index (χ2n) is 7.18. The summed E-state index contributed by atoms with van der Waals surface area (Å²) >= 11 is 2.10. The van der Waals surface area contributed by atoms with Gasteiger partial charge in [0.25, 0.3) is 11.6 Å². The molecule has 8 heteroatoms. The van der Waals surface area contributed by atoms with Crippen LogP contribution in [0.3, 0.4) is 0 Å². The van der Waals surface area contributed by atoms with Gasteiger partial charge in [-0.2, -0.15) is 5.26 Å². The maximum atomic E-state index is 12.6. The van der Waals surface area contributed by atoms with Gasteiger partial charge in [-0.3, -0.25) is 14.9 Å². The predicted octanol–water partition coefficient (Wildman–Crippen LogP) is 5.56. The predicted molar refractivity (Wildman–Crippen MR) is 133 cm³/mol. The van der Waals surface area contributed by atoms with Crippen molar-refractivity contribution in [3.8, 4) is 11.8 Å². The van der Waals surface area contributed by atoms with Crippen molar-refractivity contribution >= 4 is 40.3 Å². The zero-order valence-corrected chi connectivity index (χ0v) is 19.9. The molecular weight excluding hydrogens is 533 g/mol. The number of hydrogen-bond acceptors (Lipinski definition) is 5. The lowest BCUT2D eigenvalue weighted by molar-refractivity contribution is -0.384. The van der Waals surface area contributed by atoms with Gasteiger partial charge in [0.05, 0.1) is 14.5 Å². The van der Waals surface area contributed by atoms with Crippen molar-refractivity contribution in [2.45, 2.75) is 19.6 Å². The average Bonchev–Trinajstić information content (AvgIpc) is 2.82. The number of nitro groups is 1. The van der Waals surface area contributed by atoms with Crippen LogP contribution in [0.2, 0.25) is 0 Å². The molecule has 0 fully saturated rings. The monoisotopic (exact) mass is 553 g/mol. The smallest absolute Gasteiger partial charge is 0.269 e. The first-order valence-corrected chi connectivity index (χ1v) is 11.1. The molecule has 1 N–H and O–H groups in total. The molecule has 1 atom stereocenters. The molecule has 0 aliphatic rings. The van der Waals surface area contributed by atoms with Crippen molar-refractivity contribution in [1.29, 1.82) is 5.26 Å². The Hall–Kier alpha value is -3.71. The summed E-state index contributed by atoms with van der Waals surface area (Å²) < 4.78 is 6.58. The topological polar surface area (TPSA) is 105 Å². The Morgan fingerprint density at radius 3 is 2.61 bits per heavy atom. The quantitative estimate of drug-likeness (QED) is 0.129. The van der Waals surface area contributed by atoms with Gasteiger partial charge in [-0.1, -0.05) is 48.5 Å². The minimum Gasteiger partial charge on any atom is -0.488 e. The van der Waals surface area contributed by atoms with Gasteiger partial charge < -0.3 is 10.1 Å². The van der Waals surface area contributed by atoms with E-state index in [1.807, 2.05) is 43.3 Å². The molecule has 3 aromatic carbocycles. The zero-order chi connectivity index (χ0) is 23.8. The molecule has 33 heavy (non-hydrogen) atoms. The summed E-state index contributed by atoms with van der Waals surface area (Å²) in [5.41, 5.74) is 2.32. The molecule has 0 heterocycles. The van der Waals surface area contributed by atoms with E-state index in [2.05, 4.69) is 27.9 Å². The molecule has 0 spiro atoms. The molecular formula is C25H20IN3O4. The van der Waals surface area contributed by atoms with E-state index in [-0.39, 0.29) is 23.9 Å². The maximum Gasteiger partial charge on any atom is 0.269 e. The van der Waals surface area contributed by atoms with E-state index in [0.717, 1.165) is 9.13 Å². The Balaban J connectivity index is 1.68. The molecule has 0 aliphatic heterocycles. The second-order valence-corrected chi connectivity index (χ2v) is 8.34. The van der Waals surface area contributed by atoms with Crippen LogP contribution < -0.4 is 10.1 Å². The van der Waals surface area contributed by atoms with Crippen molar-refractivity contribution in [3.63, 3.8) is 0 Å². The summed E-state index contributed by atoms with van der Waals surface area (Å²) in [5.74, 6) is 0.148. The lowest BCUT2D eigenvalue weighted by Gasteiger charge is -2.14. The first kappa shape index (κ1) is 23.9. The number of nitrogens with zero attached hydrogens (tertiary/aromatic N) is 2. The van der Waals surface area contributed by atoms with Gasteiger partial charge in [-0.25, -0.2) is 0 Å². The van der Waals surface area contributed by atoms with E-state index in [9.17, 15) is 20.2 Å². The number of halogens is 1. The molecule has 0 saturated heterocycles. The summed E-state index contributed by atoms with van der Waals surface area (Å²) in [4.78, 5) is 23.0. The fraction of sp³-hybridized carbons (Fsp3) is 0.120. The van der Waals surface area contributed by atoms with E-state index in [0.29, 0.717) is 16.9 Å². The van der Waals surface area contributed by atoms with Gasteiger partial charge in [0.1, 0.15) is 24.0 Å². The van der Waals surface area contributed by atoms with E-state index in [1.54, 1.807) is 30.3 Å². The summed E-state index contributed by atoms with van der Waals surface area (Å²) in [7, 11) is 0. The van der Waals surface area contributed by atoms with Gasteiger partial charge in [0, 0.05) is 12.1 Å². The summed E-state index contributed by atoms with van der Waals surface area (Å²) in [6, 6.07) is 22.8. The first-order chi connectivity index (χ1) is 15.9. The Bertz CT molecular complexity index is 1240. The van der Waals surface area contributed by atoms with Crippen molar-refractivity contribution in [2.75, 3.05) is 0 Å². The third-order valence-electron chi connectivity index (χ3n) is 4.79. The normalized spacial score (nSPS) is 11.8. The highest BCUT2D eigenvalue weighted by molar-refractivity contribution is 14.1. The van der Waals surface area contributed by atoms with Crippen LogP contribution in [0.4, 0.5) is 5.69 Å². The molecule has 7 nitrogen and oxygen atoms in total. The fourth-order valence-electron chi connectivity index (χ4n) is 3.06. The highest BCUT2D eigenvalue weighted by Gasteiger charge is 2.14. The molecule has 0 aromatic heterocycles. The number of ether oxygens (including phenoxy) is 1. The highest BCUT2D eigenvalue weighted by Crippen LogP contribution is 2.25. The molecule has 3 rings (SSSR count). The van der Waals surface area contributed by atoms with Gasteiger partial charge in [0.15, 0.2) is 0 Å². The molecule has 0 bridgehead atoms. The van der Waals surface area contributed by atoms with Gasteiger partial charge >= 0.3 is 0 Å². The molecule has 0 saturated carbocycles. The largest absolute Gasteiger partial charge is 0.488 e. The lowest BCUT2D eigenvalue weighted by Crippen LogP contribution is -2.27. The van der Waals surface area contributed by atoms with Crippen LogP contribution in [0.25, 0.3) is 6.08 Å². The van der Waals surface area contributed by atoms with E-state index < -0.39 is 10.8 Å². The van der Waals surface area contributed by atoms with Crippen LogP contribution >= 0.6 is 22.6 Å². The lowest BCUT2D eigenvalue weighted by atomic mass is 10.1. The minimum atomic E-state index is -0.449. The number of nitriles is 1. The highest BCUT2D eigenvalue weighted by atomic mass is 127. The number of carbonyl (C=O) groups is 1. The van der Waals surface area contributed by atoms with E-state index >= 15 is 0 Å². The number of nitrogens with one attached hydrogen (secondary N) is 1. The Morgan fingerprint density at radius 1 is 1.18 bits per heavy atom. The van der Waals surface area contributed by atoms with E-state index in [1.165, 1.54) is 18.2 Å². The number of rotatable bonds is 8. The Morgan fingerprint density at radius 2 is 1.94 bits per heavy atom. The Labute approximate surface area is 205 Å². The van der Waals surface area contributed by atoms with Gasteiger partial charge in [-0.15, -0.1) is 0 Å². The Kier molecular flexibility index (Phi) is 8.16. The van der Waals surface area contributed by atoms with Gasteiger partial charge in [0.2, 0.25) is 0 Å². The summed E-state index contributed by atoms with van der Waals surface area (Å²) in [5, 5.41) is 23.2. The molecule has 3 aromatic rings. The number of hydrogen-bond donors (Lipinski definition) is 1. The molecule has 0 unspecified atom stereocenters. The van der Waals surface area contributed by atoms with Crippen LogP contribution in [0, 0.1) is 25.0 Å². The van der Waals surface area contributed by atoms with Crippen LogP contribution in [0.5, 0.6) is 5.75 Å². The zero-order valence-electron chi connectivity index (χ0n) is 17.7. The third-order valence-corrected chi connectivity index (χ3v) is 5.64. The number of benzene rings is 3. The number of amides is 1. The van der Waals surface area contributed by atoms with Crippen molar-refractivity contribution in [2.24, 2.45) is 0 Å². The van der Waals surface area contributed by atoms with E-state index in [4.69, 9.17) is 4.74 Å². The second kappa shape index (κ2) is 11.2. The molecule has 1 amide bonds. The fourth-order valence-corrected chi connectivity index (χ4v) is 3.75. The molecule has 0 radical (unpaired) electrons. The van der Waals surface area contributed by atoms with Crippen molar-refractivity contribution in [1.82, 2.24) is 5.32 Å². The number of non-ortho nitro benzene ring substituents is 1. The standard InChI is InChI=1S/C25H20IN3O4/c1-17(20-7-3-2-4-8-20)28-25(30)21(15-27)12-18-10-11-24(23(26)14-18)33-16-19-6-5-9-22(13-19)29(31)32/h2-14,17H,16H2,1H3,(H,28,30)/b21-12-/t17-/m1/s1. The number of carbonyl (C=O) groups excluding carboxylic acids is 1. The molecule has 0 aliphatic carbocycles. The number of nitro benzene ring substituents is 1. The third kappa shape index (κ3) is 6.63. The molecule has 166 valence electrons. The first-order valence-electron chi connectivity index (χ1n) is 10.0. The minimum absolute atomic E-state index is 0.00107. The van der Waals surface area contributed by atoms with Crippen LogP contribution in [0.15, 0.2) is 78.4 Å². The van der Waals surface area contributed by atoms with Crippen molar-refractivity contribution < 1.29 is 14.5 Å². The summed E-state index contributed by atoms with van der Waals surface area (Å²) in [6.45, 7) is 2.04. The SMILES string of the molecule is C[C@@H](NC(=O)/C(C#N)=C\c1ccc(OCc2cccc([N+](=O)[O-])c2)c(I)c1)c1ccccc1. The average molecular weight is 553 g/mol. The maximum absolute atomic E-state index is 12.6. The van der Waals surface area contributed by atoms with Crippen LogP contribution in [0.1, 0.15) is 29.7 Å². The van der Waals surface area contributed by atoms with Gasteiger partial charge in [-0.05, 0) is 64.4 Å². The van der Waals surface area contributed by atoms with Crippen LogP contribution in [-0.4, -0.2) is 10.8 Å². The van der Waals surface area contributed by atoms with Crippen LogP contribution in [-0.2, 0) is 11.4 Å². The van der Waals surface area contributed by atoms with Crippen molar-refractivity contribution in [3.05, 3.63) is 109 Å².